The average molecular weight is 257 g/mol. The molecule has 1 heterocycles. The first-order valence-corrected chi connectivity index (χ1v) is 4.54. The Hall–Kier alpha value is -0.130. The van der Waals surface area contributed by atoms with E-state index in [0.29, 0.717) is 8.79 Å². The largest absolute Gasteiger partial charge is 0.465 e. The van der Waals surface area contributed by atoms with Crippen molar-refractivity contribution >= 4 is 44.8 Å². The third-order valence-corrected chi connectivity index (χ3v) is 2.80. The normalized spacial score (nSPS) is 9.73. The van der Waals surface area contributed by atoms with Crippen molar-refractivity contribution in [2.24, 2.45) is 0 Å². The van der Waals surface area contributed by atoms with Crippen LogP contribution < -0.4 is 0 Å². The Kier molecular flexibility index (Phi) is 2.86. The highest BCUT2D eigenvalue weighted by molar-refractivity contribution is 9.11. The maximum atomic E-state index is 10.9. The Balaban J connectivity index is 3.03. The SMILES string of the molecule is COC(=O)c1sc(Br)nc1Cl. The number of carbonyl (C=O) groups excluding carboxylic acids is 1. The van der Waals surface area contributed by atoms with Gasteiger partial charge in [0.05, 0.1) is 7.11 Å². The fourth-order valence-electron chi connectivity index (χ4n) is 0.496. The topological polar surface area (TPSA) is 39.2 Å². The van der Waals surface area contributed by atoms with Crippen LogP contribution in [0.4, 0.5) is 0 Å². The number of halogens is 2. The quantitative estimate of drug-likeness (QED) is 0.724. The average Bonchev–Trinajstić information content (AvgIpc) is 2.28. The molecule has 0 aliphatic heterocycles. The molecule has 0 bridgehead atoms. The van der Waals surface area contributed by atoms with Gasteiger partial charge >= 0.3 is 5.97 Å². The van der Waals surface area contributed by atoms with E-state index in [0.717, 1.165) is 11.3 Å². The highest BCUT2D eigenvalue weighted by Crippen LogP contribution is 2.27. The summed E-state index contributed by atoms with van der Waals surface area (Å²) in [4.78, 5) is 15.0. The zero-order chi connectivity index (χ0) is 8.43. The van der Waals surface area contributed by atoms with Crippen LogP contribution in [0.1, 0.15) is 9.67 Å². The molecule has 1 aromatic heterocycles. The molecule has 1 rings (SSSR count). The van der Waals surface area contributed by atoms with Gasteiger partial charge in [0.15, 0.2) is 13.9 Å². The molecule has 0 aromatic carbocycles. The number of hydrogen-bond donors (Lipinski definition) is 0. The van der Waals surface area contributed by atoms with Crippen molar-refractivity contribution < 1.29 is 9.53 Å². The smallest absolute Gasteiger partial charge is 0.351 e. The molecule has 0 saturated heterocycles. The number of rotatable bonds is 1. The number of ether oxygens (including phenoxy) is 1. The van der Waals surface area contributed by atoms with Crippen LogP contribution in [0.5, 0.6) is 0 Å². The third kappa shape index (κ3) is 1.91. The molecule has 11 heavy (non-hydrogen) atoms. The Morgan fingerprint density at radius 1 is 1.82 bits per heavy atom. The van der Waals surface area contributed by atoms with Crippen molar-refractivity contribution in [3.63, 3.8) is 0 Å². The lowest BCUT2D eigenvalue weighted by molar-refractivity contribution is 0.0606. The zero-order valence-corrected chi connectivity index (χ0v) is 8.59. The van der Waals surface area contributed by atoms with Gasteiger partial charge < -0.3 is 4.74 Å². The monoisotopic (exact) mass is 255 g/mol. The lowest BCUT2D eigenvalue weighted by Crippen LogP contribution is -1.98. The molecule has 0 aliphatic rings. The van der Waals surface area contributed by atoms with E-state index in [1.165, 1.54) is 7.11 Å². The van der Waals surface area contributed by atoms with Gasteiger partial charge in [-0.05, 0) is 15.9 Å². The lowest BCUT2D eigenvalue weighted by atomic mass is 10.6. The summed E-state index contributed by atoms with van der Waals surface area (Å²) in [7, 11) is 1.30. The van der Waals surface area contributed by atoms with Crippen LogP contribution in [0.3, 0.4) is 0 Å². The first-order chi connectivity index (χ1) is 5.15. The van der Waals surface area contributed by atoms with Crippen LogP contribution in [0.25, 0.3) is 0 Å². The van der Waals surface area contributed by atoms with Gasteiger partial charge in [-0.3, -0.25) is 0 Å². The molecule has 0 amide bonds. The number of aromatic nitrogens is 1. The van der Waals surface area contributed by atoms with Crippen molar-refractivity contribution in [2.75, 3.05) is 7.11 Å². The molecule has 0 unspecified atom stereocenters. The molecule has 1 aromatic rings. The fourth-order valence-corrected chi connectivity index (χ4v) is 2.19. The van der Waals surface area contributed by atoms with Crippen molar-refractivity contribution in [1.82, 2.24) is 4.98 Å². The summed E-state index contributed by atoms with van der Waals surface area (Å²) in [6.07, 6.45) is 0. The van der Waals surface area contributed by atoms with E-state index in [-0.39, 0.29) is 5.15 Å². The molecule has 0 N–H and O–H groups in total. The fraction of sp³-hybridized carbons (Fsp3) is 0.200. The second kappa shape index (κ2) is 3.51. The number of methoxy groups -OCH3 is 1. The Morgan fingerprint density at radius 2 is 2.45 bits per heavy atom. The summed E-state index contributed by atoms with van der Waals surface area (Å²) in [5.41, 5.74) is 0. The molecule has 3 nitrogen and oxygen atoms in total. The van der Waals surface area contributed by atoms with Gasteiger partial charge in [0, 0.05) is 0 Å². The van der Waals surface area contributed by atoms with E-state index in [1.807, 2.05) is 0 Å². The minimum absolute atomic E-state index is 0.175. The van der Waals surface area contributed by atoms with Gasteiger partial charge in [-0.2, -0.15) is 0 Å². The second-order valence-electron chi connectivity index (χ2n) is 1.58. The molecule has 0 spiro atoms. The summed E-state index contributed by atoms with van der Waals surface area (Å²) >= 11 is 9.83. The van der Waals surface area contributed by atoms with Gasteiger partial charge in [0.25, 0.3) is 0 Å². The van der Waals surface area contributed by atoms with Crippen molar-refractivity contribution in [3.8, 4) is 0 Å². The van der Waals surface area contributed by atoms with E-state index in [9.17, 15) is 4.79 Å². The summed E-state index contributed by atoms with van der Waals surface area (Å²) < 4.78 is 5.03. The van der Waals surface area contributed by atoms with Crippen molar-refractivity contribution in [2.45, 2.75) is 0 Å². The van der Waals surface area contributed by atoms with Crippen LogP contribution in [0.15, 0.2) is 3.92 Å². The van der Waals surface area contributed by atoms with Crippen LogP contribution in [0, 0.1) is 0 Å². The number of thiazole rings is 1. The summed E-state index contributed by atoms with van der Waals surface area (Å²) in [6, 6.07) is 0. The minimum atomic E-state index is -0.460. The van der Waals surface area contributed by atoms with E-state index in [4.69, 9.17) is 11.6 Å². The lowest BCUT2D eigenvalue weighted by Gasteiger charge is -1.91. The Labute approximate surface area is 80.5 Å². The van der Waals surface area contributed by atoms with E-state index >= 15 is 0 Å². The molecule has 0 aliphatic carbocycles. The highest BCUT2D eigenvalue weighted by Gasteiger charge is 2.15. The zero-order valence-electron chi connectivity index (χ0n) is 5.43. The standard InChI is InChI=1S/C5H3BrClNO2S/c1-10-4(9)2-3(7)8-5(6)11-2/h1H3. The molecule has 0 saturated carbocycles. The van der Waals surface area contributed by atoms with E-state index in [2.05, 4.69) is 25.7 Å². The minimum Gasteiger partial charge on any atom is -0.465 e. The Bertz CT molecular complexity index is 288. The van der Waals surface area contributed by atoms with Gasteiger partial charge in [-0.1, -0.05) is 22.9 Å². The number of hydrogen-bond acceptors (Lipinski definition) is 4. The van der Waals surface area contributed by atoms with Crippen molar-refractivity contribution in [3.05, 3.63) is 13.9 Å². The molecular weight excluding hydrogens is 253 g/mol. The van der Waals surface area contributed by atoms with Crippen LogP contribution in [0.2, 0.25) is 5.15 Å². The van der Waals surface area contributed by atoms with Crippen LogP contribution in [-0.4, -0.2) is 18.1 Å². The molecular formula is C5H3BrClNO2S. The second-order valence-corrected chi connectivity index (χ2v) is 4.21. The van der Waals surface area contributed by atoms with E-state index in [1.54, 1.807) is 0 Å². The number of nitrogens with zero attached hydrogens (tertiary/aromatic N) is 1. The Morgan fingerprint density at radius 3 is 2.82 bits per heavy atom. The molecule has 6 heteroatoms. The summed E-state index contributed by atoms with van der Waals surface area (Å²) in [5.74, 6) is -0.460. The molecule has 0 radical (unpaired) electrons. The third-order valence-electron chi connectivity index (χ3n) is 0.930. The van der Waals surface area contributed by atoms with Crippen LogP contribution in [-0.2, 0) is 4.74 Å². The van der Waals surface area contributed by atoms with Gasteiger partial charge in [0.1, 0.15) is 0 Å². The van der Waals surface area contributed by atoms with Gasteiger partial charge in [0.2, 0.25) is 0 Å². The first-order valence-electron chi connectivity index (χ1n) is 2.55. The predicted molar refractivity (Wildman–Crippen MR) is 46.2 cm³/mol. The number of esters is 1. The molecule has 0 fully saturated rings. The summed E-state index contributed by atoms with van der Waals surface area (Å²) in [5, 5.41) is 0.175. The molecule has 60 valence electrons. The van der Waals surface area contributed by atoms with Crippen LogP contribution >= 0.6 is 38.9 Å². The first kappa shape index (κ1) is 8.96. The van der Waals surface area contributed by atoms with E-state index < -0.39 is 5.97 Å². The maximum Gasteiger partial charge on any atom is 0.351 e. The van der Waals surface area contributed by atoms with Crippen molar-refractivity contribution in [1.29, 1.82) is 0 Å². The van der Waals surface area contributed by atoms with Gasteiger partial charge in [-0.15, -0.1) is 0 Å². The highest BCUT2D eigenvalue weighted by atomic mass is 79.9. The predicted octanol–water partition coefficient (Wildman–Crippen LogP) is 2.35. The number of carbonyl (C=O) groups is 1. The maximum absolute atomic E-state index is 10.9. The molecule has 0 atom stereocenters. The van der Waals surface area contributed by atoms with Gasteiger partial charge in [-0.25, -0.2) is 9.78 Å². The summed E-state index contributed by atoms with van der Waals surface area (Å²) in [6.45, 7) is 0.